The Hall–Kier alpha value is -3.87. The highest BCUT2D eigenvalue weighted by Crippen LogP contribution is 2.35. The fourth-order valence-electron chi connectivity index (χ4n) is 3.14. The number of anilines is 3. The molecule has 7 heteroatoms. The van der Waals surface area contributed by atoms with Gasteiger partial charge in [0.1, 0.15) is 0 Å². The van der Waals surface area contributed by atoms with Crippen molar-refractivity contribution in [3.63, 3.8) is 0 Å². The molecule has 0 saturated carbocycles. The van der Waals surface area contributed by atoms with E-state index in [1.165, 1.54) is 13.2 Å². The van der Waals surface area contributed by atoms with Crippen molar-refractivity contribution in [2.75, 3.05) is 17.7 Å². The molecule has 1 aliphatic rings. The predicted octanol–water partition coefficient (Wildman–Crippen LogP) is 3.07. The third kappa shape index (κ3) is 3.37. The quantitative estimate of drug-likeness (QED) is 0.611. The van der Waals surface area contributed by atoms with Crippen molar-refractivity contribution in [1.29, 1.82) is 0 Å². The SMILES string of the molecule is COC(=O)Cc1ccc2c(c1)NC(=O)c1ccc(-c3cc[nH]c(=O)c3)cc1N2. The van der Waals surface area contributed by atoms with Crippen LogP contribution >= 0.6 is 0 Å². The summed E-state index contributed by atoms with van der Waals surface area (Å²) in [6.07, 6.45) is 1.71. The van der Waals surface area contributed by atoms with Gasteiger partial charge in [0.2, 0.25) is 5.56 Å². The van der Waals surface area contributed by atoms with Crippen molar-refractivity contribution in [1.82, 2.24) is 4.98 Å². The van der Waals surface area contributed by atoms with Crippen LogP contribution in [0, 0.1) is 0 Å². The average Bonchev–Trinajstić information content (AvgIpc) is 2.83. The van der Waals surface area contributed by atoms with Crippen LogP contribution in [0.1, 0.15) is 15.9 Å². The van der Waals surface area contributed by atoms with Crippen LogP contribution in [0.15, 0.2) is 59.5 Å². The lowest BCUT2D eigenvalue weighted by molar-refractivity contribution is -0.139. The zero-order valence-corrected chi connectivity index (χ0v) is 15.0. The van der Waals surface area contributed by atoms with Gasteiger partial charge in [-0.15, -0.1) is 0 Å². The molecule has 3 N–H and O–H groups in total. The summed E-state index contributed by atoms with van der Waals surface area (Å²) in [5.41, 5.74) is 4.53. The van der Waals surface area contributed by atoms with E-state index in [-0.39, 0.29) is 23.9 Å². The second kappa shape index (κ2) is 7.03. The van der Waals surface area contributed by atoms with Gasteiger partial charge in [-0.2, -0.15) is 0 Å². The zero-order valence-electron chi connectivity index (χ0n) is 15.0. The minimum Gasteiger partial charge on any atom is -0.469 e. The Balaban J connectivity index is 1.72. The van der Waals surface area contributed by atoms with Gasteiger partial charge in [-0.3, -0.25) is 14.4 Å². The van der Waals surface area contributed by atoms with Gasteiger partial charge in [-0.1, -0.05) is 12.1 Å². The fraction of sp³-hybridized carbons (Fsp3) is 0.0952. The maximum atomic E-state index is 12.7. The van der Waals surface area contributed by atoms with Crippen molar-refractivity contribution in [2.45, 2.75) is 6.42 Å². The number of carbonyl (C=O) groups excluding carboxylic acids is 2. The standard InChI is InChI=1S/C21H17N3O4/c1-28-20(26)9-12-2-5-16-18(8-12)24-21(27)15-4-3-13(10-17(15)23-16)14-6-7-22-19(25)11-14/h2-8,10-11,23H,9H2,1H3,(H,22,25)(H,24,27). The minimum absolute atomic E-state index is 0.124. The van der Waals surface area contributed by atoms with Gasteiger partial charge in [-0.25, -0.2) is 0 Å². The van der Waals surface area contributed by atoms with Gasteiger partial charge in [0.25, 0.3) is 5.91 Å². The van der Waals surface area contributed by atoms with Crippen molar-refractivity contribution in [2.24, 2.45) is 0 Å². The lowest BCUT2D eigenvalue weighted by atomic mass is 10.0. The minimum atomic E-state index is -0.348. The zero-order chi connectivity index (χ0) is 19.7. The van der Waals surface area contributed by atoms with Crippen LogP contribution in [0.3, 0.4) is 0 Å². The summed E-state index contributed by atoms with van der Waals surface area (Å²) >= 11 is 0. The highest BCUT2D eigenvalue weighted by atomic mass is 16.5. The Morgan fingerprint density at radius 1 is 0.893 bits per heavy atom. The van der Waals surface area contributed by atoms with Crippen LogP contribution in [0.5, 0.6) is 0 Å². The van der Waals surface area contributed by atoms with E-state index in [9.17, 15) is 14.4 Å². The van der Waals surface area contributed by atoms with E-state index in [0.29, 0.717) is 22.6 Å². The van der Waals surface area contributed by atoms with E-state index in [0.717, 1.165) is 16.7 Å². The highest BCUT2D eigenvalue weighted by Gasteiger charge is 2.20. The highest BCUT2D eigenvalue weighted by molar-refractivity contribution is 6.12. The number of aromatic nitrogens is 1. The van der Waals surface area contributed by atoms with E-state index >= 15 is 0 Å². The number of esters is 1. The normalized spacial score (nSPS) is 12.1. The molecule has 0 fully saturated rings. The maximum absolute atomic E-state index is 12.7. The summed E-state index contributed by atoms with van der Waals surface area (Å²) in [5, 5.41) is 6.14. The van der Waals surface area contributed by atoms with Crippen LogP contribution in [0.2, 0.25) is 0 Å². The molecule has 0 bridgehead atoms. The second-order valence-corrected chi connectivity index (χ2v) is 6.41. The fourth-order valence-corrected chi connectivity index (χ4v) is 3.14. The first-order valence-electron chi connectivity index (χ1n) is 8.65. The van der Waals surface area contributed by atoms with Gasteiger partial charge >= 0.3 is 5.97 Å². The molecule has 0 radical (unpaired) electrons. The van der Waals surface area contributed by atoms with E-state index in [2.05, 4.69) is 15.6 Å². The van der Waals surface area contributed by atoms with E-state index in [1.54, 1.807) is 36.5 Å². The third-order valence-electron chi connectivity index (χ3n) is 4.55. The number of fused-ring (bicyclic) bond motifs is 2. The van der Waals surface area contributed by atoms with Gasteiger partial charge in [0.05, 0.1) is 36.2 Å². The summed E-state index contributed by atoms with van der Waals surface area (Å²) in [7, 11) is 1.34. The molecule has 1 amide bonds. The molecule has 140 valence electrons. The molecule has 0 spiro atoms. The van der Waals surface area contributed by atoms with Crippen LogP contribution in [0.4, 0.5) is 17.1 Å². The van der Waals surface area contributed by atoms with Crippen LogP contribution in [0.25, 0.3) is 11.1 Å². The van der Waals surface area contributed by atoms with E-state index < -0.39 is 0 Å². The van der Waals surface area contributed by atoms with Gasteiger partial charge in [0.15, 0.2) is 0 Å². The molecule has 0 saturated heterocycles. The number of pyridine rings is 1. The largest absolute Gasteiger partial charge is 0.469 e. The second-order valence-electron chi connectivity index (χ2n) is 6.41. The van der Waals surface area contributed by atoms with Gasteiger partial charge in [0, 0.05) is 12.3 Å². The molecule has 1 aliphatic heterocycles. The van der Waals surface area contributed by atoms with Crippen LogP contribution in [-0.4, -0.2) is 24.0 Å². The summed E-state index contributed by atoms with van der Waals surface area (Å²) in [6, 6.07) is 14.0. The number of nitrogens with one attached hydrogen (secondary N) is 3. The lowest BCUT2D eigenvalue weighted by Crippen LogP contribution is -2.11. The molecular weight excluding hydrogens is 358 g/mol. The van der Waals surface area contributed by atoms with Crippen molar-refractivity contribution >= 4 is 28.9 Å². The Morgan fingerprint density at radius 3 is 2.50 bits per heavy atom. The number of hydrogen-bond donors (Lipinski definition) is 3. The van der Waals surface area contributed by atoms with Crippen molar-refractivity contribution in [3.8, 4) is 11.1 Å². The number of hydrogen-bond acceptors (Lipinski definition) is 5. The first-order chi connectivity index (χ1) is 13.5. The molecule has 1 aromatic heterocycles. The van der Waals surface area contributed by atoms with Crippen LogP contribution < -0.4 is 16.2 Å². The average molecular weight is 375 g/mol. The summed E-state index contributed by atoms with van der Waals surface area (Å²) in [6.45, 7) is 0. The number of H-pyrrole nitrogens is 1. The van der Waals surface area contributed by atoms with E-state index in [1.807, 2.05) is 12.1 Å². The Morgan fingerprint density at radius 2 is 1.71 bits per heavy atom. The van der Waals surface area contributed by atoms with Gasteiger partial charge < -0.3 is 20.4 Å². The molecule has 0 atom stereocenters. The molecule has 3 aromatic rings. The Bertz CT molecular complexity index is 1150. The molecule has 2 aromatic carbocycles. The number of benzene rings is 2. The third-order valence-corrected chi connectivity index (χ3v) is 4.55. The molecule has 4 rings (SSSR count). The van der Waals surface area contributed by atoms with Crippen LogP contribution in [-0.2, 0) is 16.0 Å². The summed E-state index contributed by atoms with van der Waals surface area (Å²) < 4.78 is 4.69. The monoisotopic (exact) mass is 375 g/mol. The molecule has 28 heavy (non-hydrogen) atoms. The summed E-state index contributed by atoms with van der Waals surface area (Å²) in [4.78, 5) is 38.3. The molecule has 2 heterocycles. The Labute approximate surface area is 160 Å². The van der Waals surface area contributed by atoms with Gasteiger partial charge in [-0.05, 0) is 47.0 Å². The number of ether oxygens (including phenoxy) is 1. The number of methoxy groups -OCH3 is 1. The van der Waals surface area contributed by atoms with E-state index in [4.69, 9.17) is 4.74 Å². The number of carbonyl (C=O) groups is 2. The smallest absolute Gasteiger partial charge is 0.309 e. The maximum Gasteiger partial charge on any atom is 0.309 e. The van der Waals surface area contributed by atoms with Crippen molar-refractivity contribution in [3.05, 3.63) is 76.2 Å². The first kappa shape index (κ1) is 17.5. The number of rotatable bonds is 3. The number of aromatic amines is 1. The Kier molecular flexibility index (Phi) is 4.41. The van der Waals surface area contributed by atoms with Crippen molar-refractivity contribution < 1.29 is 14.3 Å². The molecule has 7 nitrogen and oxygen atoms in total. The first-order valence-corrected chi connectivity index (χ1v) is 8.65. The molecule has 0 unspecified atom stereocenters. The predicted molar refractivity (Wildman–Crippen MR) is 106 cm³/mol. The lowest BCUT2D eigenvalue weighted by Gasteiger charge is -2.11. The topological polar surface area (TPSA) is 100 Å². The summed E-state index contributed by atoms with van der Waals surface area (Å²) in [5.74, 6) is -0.604. The molecule has 0 aliphatic carbocycles. The number of amides is 1. The molecular formula is C21H17N3O4.